The second-order valence-corrected chi connectivity index (χ2v) is 7.49. The Hall–Kier alpha value is -2.52. The molecule has 8 nitrogen and oxygen atoms in total. The summed E-state index contributed by atoms with van der Waals surface area (Å²) in [5.41, 5.74) is 0.149. The number of rotatable bonds is 2. The average molecular weight is 345 g/mol. The van der Waals surface area contributed by atoms with Crippen molar-refractivity contribution < 1.29 is 8.42 Å². The van der Waals surface area contributed by atoms with Gasteiger partial charge in [-0.1, -0.05) is 18.2 Å². The summed E-state index contributed by atoms with van der Waals surface area (Å²) in [6.45, 7) is 0.774. The van der Waals surface area contributed by atoms with Gasteiger partial charge in [0, 0.05) is 37.6 Å². The molecule has 0 amide bonds. The Morgan fingerprint density at radius 2 is 1.92 bits per heavy atom. The first-order chi connectivity index (χ1) is 11.6. The molecule has 0 spiro atoms. The van der Waals surface area contributed by atoms with Crippen molar-refractivity contribution in [1.29, 1.82) is 0 Å². The van der Waals surface area contributed by atoms with Crippen LogP contribution in [0.4, 0.5) is 0 Å². The minimum absolute atomic E-state index is 0.189. The van der Waals surface area contributed by atoms with Gasteiger partial charge < -0.3 is 0 Å². The number of nitrogens with zero attached hydrogens (tertiary/aromatic N) is 4. The molecule has 0 unspecified atom stereocenters. The van der Waals surface area contributed by atoms with Gasteiger partial charge >= 0.3 is 5.69 Å². The number of aromatic amines is 1. The van der Waals surface area contributed by atoms with Crippen molar-refractivity contribution in [3.05, 3.63) is 52.8 Å². The molecule has 3 heterocycles. The third-order valence-electron chi connectivity index (χ3n) is 4.21. The van der Waals surface area contributed by atoms with E-state index in [1.807, 2.05) is 12.1 Å². The van der Waals surface area contributed by atoms with Crippen LogP contribution in [-0.4, -0.2) is 45.6 Å². The van der Waals surface area contributed by atoms with Crippen LogP contribution in [0.5, 0.6) is 0 Å². The highest BCUT2D eigenvalue weighted by Gasteiger charge is 2.29. The molecule has 1 aliphatic heterocycles. The molecule has 1 aliphatic rings. The van der Waals surface area contributed by atoms with Crippen molar-refractivity contribution >= 4 is 20.9 Å². The second-order valence-electron chi connectivity index (χ2n) is 5.58. The number of hydrogen-bond acceptors (Lipinski definition) is 5. The fraction of sp³-hybridized carbons (Fsp3) is 0.267. The summed E-state index contributed by atoms with van der Waals surface area (Å²) >= 11 is 0. The van der Waals surface area contributed by atoms with Crippen molar-refractivity contribution in [2.24, 2.45) is 0 Å². The molecule has 124 valence electrons. The van der Waals surface area contributed by atoms with Gasteiger partial charge in [0.25, 0.3) is 0 Å². The lowest BCUT2D eigenvalue weighted by Gasteiger charge is -2.20. The Morgan fingerprint density at radius 3 is 2.79 bits per heavy atom. The number of fused-ring (bicyclic) bond motifs is 2. The van der Waals surface area contributed by atoms with Crippen molar-refractivity contribution in [3.63, 3.8) is 0 Å². The fourth-order valence-electron chi connectivity index (χ4n) is 2.98. The molecular formula is C15H15N5O3S. The lowest BCUT2D eigenvalue weighted by atomic mass is 10.2. The van der Waals surface area contributed by atoms with Crippen LogP contribution >= 0.6 is 0 Å². The number of H-pyrrole nitrogens is 1. The Kier molecular flexibility index (Phi) is 3.47. The Balaban J connectivity index is 1.74. The molecule has 24 heavy (non-hydrogen) atoms. The van der Waals surface area contributed by atoms with Crippen LogP contribution in [0.3, 0.4) is 0 Å². The van der Waals surface area contributed by atoms with E-state index in [1.165, 1.54) is 8.87 Å². The van der Waals surface area contributed by atoms with Gasteiger partial charge in [-0.3, -0.25) is 9.55 Å². The van der Waals surface area contributed by atoms with Crippen LogP contribution in [0.25, 0.3) is 10.9 Å². The first kappa shape index (κ1) is 15.0. The lowest BCUT2D eigenvalue weighted by Crippen LogP contribution is -2.34. The number of aromatic nitrogens is 4. The highest BCUT2D eigenvalue weighted by atomic mass is 32.2. The zero-order valence-electron chi connectivity index (χ0n) is 12.7. The molecule has 0 aliphatic carbocycles. The first-order valence-corrected chi connectivity index (χ1v) is 8.99. The summed E-state index contributed by atoms with van der Waals surface area (Å²) in [4.78, 5) is 16.1. The molecule has 0 bridgehead atoms. The smallest absolute Gasteiger partial charge is 0.278 e. The van der Waals surface area contributed by atoms with Crippen molar-refractivity contribution in [2.45, 2.75) is 17.9 Å². The molecule has 9 heteroatoms. The standard InChI is InChI=1S/C15H15N5O3S/c21-15-18-17-13-6-8-19(9-10-20(13)15)24(22,23)12-5-1-3-11-4-2-7-16-14(11)12/h1-5,7H,6,8-10H2,(H,18,21). The van der Waals surface area contributed by atoms with Gasteiger partial charge in [-0.15, -0.1) is 0 Å². The molecular weight excluding hydrogens is 330 g/mol. The number of sulfonamides is 1. The van der Waals surface area contributed by atoms with E-state index in [0.717, 1.165) is 5.39 Å². The van der Waals surface area contributed by atoms with Gasteiger partial charge in [-0.2, -0.15) is 9.40 Å². The van der Waals surface area contributed by atoms with E-state index >= 15 is 0 Å². The molecule has 0 saturated carbocycles. The van der Waals surface area contributed by atoms with Crippen LogP contribution in [0.1, 0.15) is 5.82 Å². The van der Waals surface area contributed by atoms with Crippen LogP contribution in [0, 0.1) is 0 Å². The van der Waals surface area contributed by atoms with Gasteiger partial charge in [0.15, 0.2) is 0 Å². The lowest BCUT2D eigenvalue weighted by molar-refractivity contribution is 0.413. The van der Waals surface area contributed by atoms with Crippen molar-refractivity contribution in [3.8, 4) is 0 Å². The van der Waals surface area contributed by atoms with E-state index in [4.69, 9.17) is 0 Å². The van der Waals surface area contributed by atoms with Gasteiger partial charge in [0.1, 0.15) is 10.7 Å². The van der Waals surface area contributed by atoms with E-state index in [9.17, 15) is 13.2 Å². The summed E-state index contributed by atoms with van der Waals surface area (Å²) in [5.74, 6) is 0.578. The molecule has 4 rings (SSSR count). The summed E-state index contributed by atoms with van der Waals surface area (Å²) < 4.78 is 29.0. The SMILES string of the molecule is O=c1[nH]nc2n1CCN(S(=O)(=O)c1cccc3cccnc13)CC2. The molecule has 0 fully saturated rings. The minimum Gasteiger partial charge on any atom is -0.278 e. The summed E-state index contributed by atoms with van der Waals surface area (Å²) in [7, 11) is -3.70. The van der Waals surface area contributed by atoms with Crippen molar-refractivity contribution in [2.75, 3.05) is 13.1 Å². The van der Waals surface area contributed by atoms with Crippen LogP contribution in [0.2, 0.25) is 0 Å². The second kappa shape index (κ2) is 5.53. The van der Waals surface area contributed by atoms with Gasteiger partial charge in [-0.25, -0.2) is 18.3 Å². The normalized spacial score (nSPS) is 16.0. The molecule has 1 N–H and O–H groups in total. The fourth-order valence-corrected chi connectivity index (χ4v) is 4.58. The Labute approximate surface area is 137 Å². The largest absolute Gasteiger partial charge is 0.343 e. The van der Waals surface area contributed by atoms with Crippen LogP contribution < -0.4 is 5.69 Å². The third-order valence-corrected chi connectivity index (χ3v) is 6.14. The maximum Gasteiger partial charge on any atom is 0.343 e. The highest BCUT2D eigenvalue weighted by molar-refractivity contribution is 7.89. The monoisotopic (exact) mass is 345 g/mol. The maximum absolute atomic E-state index is 13.1. The predicted molar refractivity (Wildman–Crippen MR) is 87.1 cm³/mol. The Morgan fingerprint density at radius 1 is 1.08 bits per heavy atom. The maximum atomic E-state index is 13.1. The molecule has 0 saturated heterocycles. The third kappa shape index (κ3) is 2.33. The van der Waals surface area contributed by atoms with Gasteiger partial charge in [0.2, 0.25) is 10.0 Å². The number of hydrogen-bond donors (Lipinski definition) is 1. The predicted octanol–water partition coefficient (Wildman–Crippen LogP) is 0.367. The van der Waals surface area contributed by atoms with E-state index in [1.54, 1.807) is 24.4 Å². The van der Waals surface area contributed by atoms with Crippen molar-refractivity contribution in [1.82, 2.24) is 24.1 Å². The van der Waals surface area contributed by atoms with Crippen LogP contribution in [0.15, 0.2) is 46.2 Å². The number of benzene rings is 1. The summed E-state index contributed by atoms with van der Waals surface area (Å²) in [6, 6.07) is 8.72. The van der Waals surface area contributed by atoms with Crippen LogP contribution in [-0.2, 0) is 23.0 Å². The number of para-hydroxylation sites is 1. The zero-order valence-corrected chi connectivity index (χ0v) is 13.5. The Bertz CT molecular complexity index is 1060. The number of nitrogens with one attached hydrogen (secondary N) is 1. The highest BCUT2D eigenvalue weighted by Crippen LogP contribution is 2.24. The minimum atomic E-state index is -3.70. The summed E-state index contributed by atoms with van der Waals surface area (Å²) in [6.07, 6.45) is 1.97. The van der Waals surface area contributed by atoms with Gasteiger partial charge in [0.05, 0.1) is 5.52 Å². The average Bonchev–Trinajstić information content (AvgIpc) is 2.81. The van der Waals surface area contributed by atoms with E-state index < -0.39 is 10.0 Å². The molecule has 2 aromatic heterocycles. The molecule has 0 atom stereocenters. The van der Waals surface area contributed by atoms with E-state index in [2.05, 4.69) is 15.2 Å². The van der Waals surface area contributed by atoms with E-state index in [-0.39, 0.29) is 30.2 Å². The first-order valence-electron chi connectivity index (χ1n) is 7.55. The zero-order chi connectivity index (χ0) is 16.7. The number of pyridine rings is 1. The summed E-state index contributed by atoms with van der Waals surface area (Å²) in [5, 5.41) is 7.12. The quantitative estimate of drug-likeness (QED) is 0.723. The molecule has 1 aromatic carbocycles. The van der Waals surface area contributed by atoms with Gasteiger partial charge in [-0.05, 0) is 12.1 Å². The molecule has 0 radical (unpaired) electrons. The van der Waals surface area contributed by atoms with E-state index in [0.29, 0.717) is 17.8 Å². The molecule has 3 aromatic rings. The topological polar surface area (TPSA) is 101 Å².